The van der Waals surface area contributed by atoms with Crippen molar-refractivity contribution in [2.45, 2.75) is 40.2 Å². The molecular formula is C18H26N4O2S. The van der Waals surface area contributed by atoms with Gasteiger partial charge in [-0.3, -0.25) is 9.59 Å². The number of likely N-dealkylation sites (N-methyl/N-ethyl adjacent to an activating group) is 1. The molecule has 0 saturated carbocycles. The number of anilines is 1. The van der Waals surface area contributed by atoms with Gasteiger partial charge in [-0.1, -0.05) is 11.3 Å². The molecule has 25 heavy (non-hydrogen) atoms. The number of thiazole rings is 1. The van der Waals surface area contributed by atoms with Crippen LogP contribution in [0.2, 0.25) is 0 Å². The predicted octanol–water partition coefficient (Wildman–Crippen LogP) is 2.70. The van der Waals surface area contributed by atoms with E-state index in [9.17, 15) is 9.59 Å². The van der Waals surface area contributed by atoms with E-state index in [1.807, 2.05) is 33.8 Å². The second kappa shape index (κ2) is 7.49. The molecule has 1 aromatic heterocycles. The predicted molar refractivity (Wildman–Crippen MR) is 103 cm³/mol. The molecule has 0 aliphatic rings. The molecule has 2 rings (SSSR count). The molecular weight excluding hydrogens is 336 g/mol. The Balaban J connectivity index is 1.94. The summed E-state index contributed by atoms with van der Waals surface area (Å²) in [6.07, 6.45) is 0. The minimum Gasteiger partial charge on any atom is -0.335 e. The Morgan fingerprint density at radius 1 is 1.20 bits per heavy atom. The highest BCUT2D eigenvalue weighted by atomic mass is 32.1. The molecule has 7 heteroatoms. The number of carbonyl (C=O) groups excluding carboxylic acids is 2. The molecule has 2 amide bonds. The Bertz CT molecular complexity index is 753. The van der Waals surface area contributed by atoms with E-state index in [2.05, 4.69) is 28.6 Å². The minimum absolute atomic E-state index is 0.00135. The SMILES string of the molecule is Cc1cc2nc(NC(=O)CN(C)C(=O)CNC(C)(C)C)sc2cc1C. The molecule has 0 spiro atoms. The topological polar surface area (TPSA) is 74.3 Å². The highest BCUT2D eigenvalue weighted by Crippen LogP contribution is 2.28. The summed E-state index contributed by atoms with van der Waals surface area (Å²) < 4.78 is 1.04. The summed E-state index contributed by atoms with van der Waals surface area (Å²) in [5, 5.41) is 6.46. The number of amides is 2. The summed E-state index contributed by atoms with van der Waals surface area (Å²) in [6, 6.07) is 4.09. The number of carbonyl (C=O) groups is 2. The van der Waals surface area contributed by atoms with Crippen molar-refractivity contribution in [3.8, 4) is 0 Å². The van der Waals surface area contributed by atoms with E-state index in [1.165, 1.54) is 27.4 Å². The van der Waals surface area contributed by atoms with Gasteiger partial charge in [-0.05, 0) is 57.9 Å². The van der Waals surface area contributed by atoms with E-state index in [4.69, 9.17) is 0 Å². The number of hydrogen-bond donors (Lipinski definition) is 2. The quantitative estimate of drug-likeness (QED) is 0.858. The van der Waals surface area contributed by atoms with Crippen molar-refractivity contribution in [2.75, 3.05) is 25.5 Å². The van der Waals surface area contributed by atoms with E-state index in [-0.39, 0.29) is 30.4 Å². The summed E-state index contributed by atoms with van der Waals surface area (Å²) in [7, 11) is 1.62. The van der Waals surface area contributed by atoms with Gasteiger partial charge >= 0.3 is 0 Å². The maximum Gasteiger partial charge on any atom is 0.245 e. The van der Waals surface area contributed by atoms with E-state index in [0.29, 0.717) is 5.13 Å². The fourth-order valence-electron chi connectivity index (χ4n) is 2.17. The third kappa shape index (κ3) is 5.51. The Kier molecular flexibility index (Phi) is 5.80. The molecule has 0 atom stereocenters. The Hall–Kier alpha value is -1.99. The van der Waals surface area contributed by atoms with Gasteiger partial charge in [0, 0.05) is 12.6 Å². The number of aromatic nitrogens is 1. The number of nitrogens with one attached hydrogen (secondary N) is 2. The van der Waals surface area contributed by atoms with Crippen LogP contribution in [0.4, 0.5) is 5.13 Å². The van der Waals surface area contributed by atoms with E-state index in [0.717, 1.165) is 10.2 Å². The van der Waals surface area contributed by atoms with Crippen molar-refractivity contribution in [2.24, 2.45) is 0 Å². The molecule has 0 saturated heterocycles. The summed E-state index contributed by atoms with van der Waals surface area (Å²) in [5.74, 6) is -0.375. The van der Waals surface area contributed by atoms with Gasteiger partial charge in [-0.2, -0.15) is 0 Å². The zero-order valence-corrected chi connectivity index (χ0v) is 16.5. The van der Waals surface area contributed by atoms with E-state index in [1.54, 1.807) is 7.05 Å². The summed E-state index contributed by atoms with van der Waals surface area (Å²) in [4.78, 5) is 30.1. The lowest BCUT2D eigenvalue weighted by atomic mass is 10.1. The number of fused-ring (bicyclic) bond motifs is 1. The van der Waals surface area contributed by atoms with Gasteiger partial charge in [0.25, 0.3) is 0 Å². The van der Waals surface area contributed by atoms with Crippen molar-refractivity contribution in [3.05, 3.63) is 23.3 Å². The summed E-state index contributed by atoms with van der Waals surface area (Å²) >= 11 is 1.44. The van der Waals surface area contributed by atoms with Crippen LogP contribution in [0.3, 0.4) is 0 Å². The minimum atomic E-state index is -0.251. The van der Waals surface area contributed by atoms with Crippen molar-refractivity contribution >= 4 is 38.5 Å². The monoisotopic (exact) mass is 362 g/mol. The summed E-state index contributed by atoms with van der Waals surface area (Å²) in [5.41, 5.74) is 3.11. The first-order valence-corrected chi connectivity index (χ1v) is 9.03. The number of nitrogens with zero attached hydrogens (tertiary/aromatic N) is 2. The maximum atomic E-state index is 12.2. The molecule has 2 N–H and O–H groups in total. The Morgan fingerprint density at radius 3 is 2.48 bits per heavy atom. The molecule has 136 valence electrons. The van der Waals surface area contributed by atoms with Crippen LogP contribution in [-0.2, 0) is 9.59 Å². The molecule has 0 aliphatic carbocycles. The average Bonchev–Trinajstić information content (AvgIpc) is 2.85. The van der Waals surface area contributed by atoms with Gasteiger partial charge in [0.2, 0.25) is 11.8 Å². The second-order valence-electron chi connectivity index (χ2n) is 7.32. The number of hydrogen-bond acceptors (Lipinski definition) is 5. The normalized spacial score (nSPS) is 11.6. The van der Waals surface area contributed by atoms with Crippen LogP contribution in [0.15, 0.2) is 12.1 Å². The molecule has 6 nitrogen and oxygen atoms in total. The smallest absolute Gasteiger partial charge is 0.245 e. The fourth-order valence-corrected chi connectivity index (χ4v) is 3.13. The average molecular weight is 362 g/mol. The van der Waals surface area contributed by atoms with Crippen LogP contribution in [0.5, 0.6) is 0 Å². The van der Waals surface area contributed by atoms with Crippen LogP contribution in [0.25, 0.3) is 10.2 Å². The standard InChI is InChI=1S/C18H26N4O2S/c1-11-7-13-14(8-12(11)2)25-17(20-13)21-15(23)10-22(6)16(24)9-19-18(3,4)5/h7-8,19H,9-10H2,1-6H3,(H,20,21,23). The van der Waals surface area contributed by atoms with Gasteiger partial charge in [0.1, 0.15) is 0 Å². The third-order valence-electron chi connectivity index (χ3n) is 3.83. The molecule has 0 aliphatic heterocycles. The molecule has 1 heterocycles. The maximum absolute atomic E-state index is 12.2. The number of rotatable bonds is 5. The molecule has 1 aromatic carbocycles. The first kappa shape index (κ1) is 19.3. The van der Waals surface area contributed by atoms with E-state index >= 15 is 0 Å². The third-order valence-corrected chi connectivity index (χ3v) is 4.76. The van der Waals surface area contributed by atoms with Gasteiger partial charge in [0.15, 0.2) is 5.13 Å². The zero-order valence-electron chi connectivity index (χ0n) is 15.7. The van der Waals surface area contributed by atoms with Crippen LogP contribution in [0, 0.1) is 13.8 Å². The Morgan fingerprint density at radius 2 is 1.84 bits per heavy atom. The van der Waals surface area contributed by atoms with Crippen LogP contribution in [-0.4, -0.2) is 47.4 Å². The largest absolute Gasteiger partial charge is 0.335 e. The van der Waals surface area contributed by atoms with Gasteiger partial charge < -0.3 is 15.5 Å². The van der Waals surface area contributed by atoms with Crippen molar-refractivity contribution in [1.29, 1.82) is 0 Å². The van der Waals surface area contributed by atoms with Crippen molar-refractivity contribution in [3.63, 3.8) is 0 Å². The first-order valence-electron chi connectivity index (χ1n) is 8.22. The van der Waals surface area contributed by atoms with Crippen LogP contribution < -0.4 is 10.6 Å². The lowest BCUT2D eigenvalue weighted by molar-refractivity contribution is -0.132. The molecule has 0 unspecified atom stereocenters. The zero-order chi connectivity index (χ0) is 18.8. The molecule has 2 aromatic rings. The molecule has 0 bridgehead atoms. The number of aryl methyl sites for hydroxylation is 2. The number of benzene rings is 1. The van der Waals surface area contributed by atoms with Crippen molar-refractivity contribution in [1.82, 2.24) is 15.2 Å². The second-order valence-corrected chi connectivity index (χ2v) is 8.36. The van der Waals surface area contributed by atoms with Crippen LogP contribution >= 0.6 is 11.3 Å². The van der Waals surface area contributed by atoms with Gasteiger partial charge in [-0.25, -0.2) is 4.98 Å². The van der Waals surface area contributed by atoms with Crippen LogP contribution in [0.1, 0.15) is 31.9 Å². The first-order chi connectivity index (χ1) is 11.5. The lowest BCUT2D eigenvalue weighted by Crippen LogP contribution is -2.45. The van der Waals surface area contributed by atoms with E-state index < -0.39 is 0 Å². The molecule has 0 fully saturated rings. The highest BCUT2D eigenvalue weighted by molar-refractivity contribution is 7.22. The Labute approximate surface area is 152 Å². The molecule has 0 radical (unpaired) electrons. The van der Waals surface area contributed by atoms with Crippen molar-refractivity contribution < 1.29 is 9.59 Å². The van der Waals surface area contributed by atoms with Gasteiger partial charge in [-0.15, -0.1) is 0 Å². The fraction of sp³-hybridized carbons (Fsp3) is 0.500. The highest BCUT2D eigenvalue weighted by Gasteiger charge is 2.17. The lowest BCUT2D eigenvalue weighted by Gasteiger charge is -2.23. The van der Waals surface area contributed by atoms with Gasteiger partial charge in [0.05, 0.1) is 23.3 Å². The summed E-state index contributed by atoms with van der Waals surface area (Å²) in [6.45, 7) is 10.3.